The molecule has 0 aliphatic rings. The van der Waals surface area contributed by atoms with Crippen LogP contribution in [0, 0.1) is 0 Å². The average Bonchev–Trinajstić information content (AvgIpc) is 2.84. The molecule has 0 radical (unpaired) electrons. The van der Waals surface area contributed by atoms with Gasteiger partial charge in [0.1, 0.15) is 22.8 Å². The van der Waals surface area contributed by atoms with Crippen LogP contribution in [0.25, 0.3) is 22.4 Å². The molecule has 3 nitrogen and oxygen atoms in total. The van der Waals surface area contributed by atoms with Crippen molar-refractivity contribution in [2.75, 3.05) is 0 Å². The maximum atomic E-state index is 6.17. The SMILES string of the molecule is CCCc1c(Cl)ncnc1-c1cc2cc(Cl)ccc2o1. The number of rotatable bonds is 3. The Hall–Kier alpha value is -1.58. The predicted molar refractivity (Wildman–Crippen MR) is 81.3 cm³/mol. The molecule has 0 bridgehead atoms. The fourth-order valence-corrected chi connectivity index (χ4v) is 2.61. The molecule has 0 saturated heterocycles. The van der Waals surface area contributed by atoms with Gasteiger partial charge in [-0.1, -0.05) is 36.5 Å². The Kier molecular flexibility index (Phi) is 3.64. The van der Waals surface area contributed by atoms with E-state index in [1.54, 1.807) is 6.07 Å². The lowest BCUT2D eigenvalue weighted by Gasteiger charge is -2.05. The van der Waals surface area contributed by atoms with Crippen LogP contribution in [0.1, 0.15) is 18.9 Å². The van der Waals surface area contributed by atoms with Crippen molar-refractivity contribution in [3.63, 3.8) is 0 Å². The van der Waals surface area contributed by atoms with Crippen LogP contribution >= 0.6 is 23.2 Å². The van der Waals surface area contributed by atoms with Gasteiger partial charge in [-0.3, -0.25) is 0 Å². The third-order valence-corrected chi connectivity index (χ3v) is 3.67. The van der Waals surface area contributed by atoms with Crippen LogP contribution in [-0.4, -0.2) is 9.97 Å². The fourth-order valence-electron chi connectivity index (χ4n) is 2.21. The van der Waals surface area contributed by atoms with Gasteiger partial charge in [0.2, 0.25) is 0 Å². The van der Waals surface area contributed by atoms with E-state index in [2.05, 4.69) is 16.9 Å². The average molecular weight is 307 g/mol. The van der Waals surface area contributed by atoms with Crippen molar-refractivity contribution in [3.05, 3.63) is 46.3 Å². The minimum Gasteiger partial charge on any atom is -0.454 e. The van der Waals surface area contributed by atoms with Crippen LogP contribution in [0.2, 0.25) is 10.2 Å². The van der Waals surface area contributed by atoms with Crippen molar-refractivity contribution >= 4 is 34.2 Å². The van der Waals surface area contributed by atoms with E-state index in [4.69, 9.17) is 27.6 Å². The van der Waals surface area contributed by atoms with Gasteiger partial charge in [-0.2, -0.15) is 0 Å². The molecule has 1 aromatic carbocycles. The molecule has 2 heterocycles. The highest BCUT2D eigenvalue weighted by Gasteiger charge is 2.15. The molecule has 0 aliphatic heterocycles. The number of nitrogens with zero attached hydrogens (tertiary/aromatic N) is 2. The van der Waals surface area contributed by atoms with Crippen LogP contribution < -0.4 is 0 Å². The summed E-state index contributed by atoms with van der Waals surface area (Å²) in [6, 6.07) is 7.45. The number of fused-ring (bicyclic) bond motifs is 1. The molecular weight excluding hydrogens is 295 g/mol. The van der Waals surface area contributed by atoms with Crippen molar-refractivity contribution in [1.29, 1.82) is 0 Å². The van der Waals surface area contributed by atoms with Gasteiger partial charge < -0.3 is 4.42 Å². The van der Waals surface area contributed by atoms with E-state index in [0.717, 1.165) is 35.1 Å². The van der Waals surface area contributed by atoms with Gasteiger partial charge in [0, 0.05) is 16.0 Å². The second-order valence-electron chi connectivity index (χ2n) is 4.53. The summed E-state index contributed by atoms with van der Waals surface area (Å²) >= 11 is 12.2. The summed E-state index contributed by atoms with van der Waals surface area (Å²) < 4.78 is 5.84. The molecule has 20 heavy (non-hydrogen) atoms. The first-order chi connectivity index (χ1) is 9.69. The largest absolute Gasteiger partial charge is 0.454 e. The quantitative estimate of drug-likeness (QED) is 0.628. The van der Waals surface area contributed by atoms with Gasteiger partial charge in [-0.05, 0) is 30.7 Å². The molecule has 3 aromatic rings. The van der Waals surface area contributed by atoms with Crippen LogP contribution in [-0.2, 0) is 6.42 Å². The van der Waals surface area contributed by atoms with Crippen molar-refractivity contribution in [1.82, 2.24) is 9.97 Å². The van der Waals surface area contributed by atoms with E-state index in [0.29, 0.717) is 15.9 Å². The summed E-state index contributed by atoms with van der Waals surface area (Å²) in [5.41, 5.74) is 2.45. The highest BCUT2D eigenvalue weighted by atomic mass is 35.5. The number of hydrogen-bond acceptors (Lipinski definition) is 3. The minimum absolute atomic E-state index is 0.482. The summed E-state index contributed by atoms with van der Waals surface area (Å²) in [6.07, 6.45) is 3.23. The Bertz CT molecular complexity index is 768. The highest BCUT2D eigenvalue weighted by molar-refractivity contribution is 6.31. The van der Waals surface area contributed by atoms with Crippen molar-refractivity contribution in [3.8, 4) is 11.5 Å². The van der Waals surface area contributed by atoms with E-state index in [-0.39, 0.29) is 0 Å². The molecular formula is C15H12Cl2N2O. The first kappa shape index (κ1) is 13.4. The van der Waals surface area contributed by atoms with Crippen molar-refractivity contribution in [2.24, 2.45) is 0 Å². The Balaban J connectivity index is 2.17. The second-order valence-corrected chi connectivity index (χ2v) is 5.33. The second kappa shape index (κ2) is 5.43. The summed E-state index contributed by atoms with van der Waals surface area (Å²) in [6.45, 7) is 2.09. The third-order valence-electron chi connectivity index (χ3n) is 3.10. The Morgan fingerprint density at radius 3 is 2.80 bits per heavy atom. The molecule has 3 rings (SSSR count). The van der Waals surface area contributed by atoms with Gasteiger partial charge in [0.15, 0.2) is 5.76 Å². The lowest BCUT2D eigenvalue weighted by Crippen LogP contribution is -1.95. The Morgan fingerprint density at radius 2 is 2.00 bits per heavy atom. The minimum atomic E-state index is 0.482. The van der Waals surface area contributed by atoms with Gasteiger partial charge >= 0.3 is 0 Å². The van der Waals surface area contributed by atoms with Crippen LogP contribution in [0.5, 0.6) is 0 Å². The first-order valence-corrected chi connectivity index (χ1v) is 7.13. The number of hydrogen-bond donors (Lipinski definition) is 0. The fraction of sp³-hybridized carbons (Fsp3) is 0.200. The normalized spacial score (nSPS) is 11.2. The molecule has 2 aromatic heterocycles. The standard InChI is InChI=1S/C15H12Cl2N2O/c1-2-3-11-14(18-8-19-15(11)17)13-7-9-6-10(16)4-5-12(9)20-13/h4-8H,2-3H2,1H3. The highest BCUT2D eigenvalue weighted by Crippen LogP contribution is 2.32. The van der Waals surface area contributed by atoms with E-state index >= 15 is 0 Å². The Labute approximate surface area is 126 Å². The first-order valence-electron chi connectivity index (χ1n) is 6.38. The molecule has 0 fully saturated rings. The molecule has 0 saturated carbocycles. The molecule has 102 valence electrons. The smallest absolute Gasteiger partial charge is 0.154 e. The molecule has 5 heteroatoms. The van der Waals surface area contributed by atoms with E-state index in [9.17, 15) is 0 Å². The van der Waals surface area contributed by atoms with Crippen molar-refractivity contribution in [2.45, 2.75) is 19.8 Å². The van der Waals surface area contributed by atoms with E-state index in [1.165, 1.54) is 6.33 Å². The Morgan fingerprint density at radius 1 is 1.15 bits per heavy atom. The van der Waals surface area contributed by atoms with Gasteiger partial charge in [0.05, 0.1) is 0 Å². The number of halogens is 2. The number of benzene rings is 1. The number of furan rings is 1. The van der Waals surface area contributed by atoms with E-state index < -0.39 is 0 Å². The maximum absolute atomic E-state index is 6.17. The maximum Gasteiger partial charge on any atom is 0.154 e. The lowest BCUT2D eigenvalue weighted by atomic mass is 10.1. The zero-order chi connectivity index (χ0) is 14.1. The van der Waals surface area contributed by atoms with Crippen LogP contribution in [0.3, 0.4) is 0 Å². The lowest BCUT2D eigenvalue weighted by molar-refractivity contribution is 0.626. The molecule has 0 aliphatic carbocycles. The molecule has 0 amide bonds. The molecule has 0 N–H and O–H groups in total. The zero-order valence-corrected chi connectivity index (χ0v) is 12.4. The molecule has 0 atom stereocenters. The number of aromatic nitrogens is 2. The topological polar surface area (TPSA) is 38.9 Å². The molecule has 0 spiro atoms. The zero-order valence-electron chi connectivity index (χ0n) is 10.9. The van der Waals surface area contributed by atoms with Crippen molar-refractivity contribution < 1.29 is 4.42 Å². The van der Waals surface area contributed by atoms with Gasteiger partial charge in [0.25, 0.3) is 0 Å². The predicted octanol–water partition coefficient (Wildman–Crippen LogP) is 5.15. The third kappa shape index (κ3) is 2.39. The van der Waals surface area contributed by atoms with Crippen LogP contribution in [0.15, 0.2) is 35.0 Å². The monoisotopic (exact) mass is 306 g/mol. The van der Waals surface area contributed by atoms with Crippen LogP contribution in [0.4, 0.5) is 0 Å². The van der Waals surface area contributed by atoms with Gasteiger partial charge in [-0.25, -0.2) is 9.97 Å². The van der Waals surface area contributed by atoms with Gasteiger partial charge in [-0.15, -0.1) is 0 Å². The summed E-state index contributed by atoms with van der Waals surface area (Å²) in [5.74, 6) is 0.690. The molecule has 0 unspecified atom stereocenters. The summed E-state index contributed by atoms with van der Waals surface area (Å²) in [7, 11) is 0. The summed E-state index contributed by atoms with van der Waals surface area (Å²) in [5, 5.41) is 2.11. The summed E-state index contributed by atoms with van der Waals surface area (Å²) in [4.78, 5) is 8.37. The van der Waals surface area contributed by atoms with E-state index in [1.807, 2.05) is 18.2 Å².